The third-order valence-electron chi connectivity index (χ3n) is 13.5. The van der Waals surface area contributed by atoms with Crippen LogP contribution in [0, 0.1) is 0 Å². The SMILES string of the molecule is CC/C=C\C/C=C\C/C=C\C/C=C\C/C=C\C/C=C\C/C=C\C/C=C\CCCCCCCCCCC(=O)OCC(COC(=O)C/C=C\C/C=C\C/C=C\C/C=C\C/C=C\CC)OC(=O)CCCCCCC/C=C\CCCCCCCCC. The monoisotopic (exact) mass is 1130 g/mol. The van der Waals surface area contributed by atoms with E-state index in [1.165, 1.54) is 89.9 Å². The summed E-state index contributed by atoms with van der Waals surface area (Å²) >= 11 is 0. The summed E-state index contributed by atoms with van der Waals surface area (Å²) in [6.07, 6.45) is 101. The fourth-order valence-electron chi connectivity index (χ4n) is 8.58. The van der Waals surface area contributed by atoms with E-state index in [1.54, 1.807) is 6.08 Å². The zero-order valence-electron chi connectivity index (χ0n) is 52.7. The number of unbranched alkanes of at least 4 members (excludes halogenated alkanes) is 20. The average Bonchev–Trinajstić information content (AvgIpc) is 3.47. The number of allylic oxidation sites excluding steroid dienone is 27. The van der Waals surface area contributed by atoms with Crippen LogP contribution in [-0.2, 0) is 28.6 Å². The first kappa shape index (κ1) is 76.8. The largest absolute Gasteiger partial charge is 0.462 e. The van der Waals surface area contributed by atoms with Gasteiger partial charge in [0.1, 0.15) is 13.2 Å². The molecule has 0 spiro atoms. The molecule has 82 heavy (non-hydrogen) atoms. The van der Waals surface area contributed by atoms with E-state index < -0.39 is 12.1 Å². The first-order valence-corrected chi connectivity index (χ1v) is 33.1. The predicted molar refractivity (Wildman–Crippen MR) is 357 cm³/mol. The lowest BCUT2D eigenvalue weighted by molar-refractivity contribution is -0.166. The molecule has 6 heteroatoms. The van der Waals surface area contributed by atoms with Crippen LogP contribution in [0.2, 0.25) is 0 Å². The minimum Gasteiger partial charge on any atom is -0.462 e. The zero-order valence-corrected chi connectivity index (χ0v) is 52.7. The maximum atomic E-state index is 12.9. The highest BCUT2D eigenvalue weighted by atomic mass is 16.6. The third kappa shape index (κ3) is 65.6. The summed E-state index contributed by atoms with van der Waals surface area (Å²) in [5.41, 5.74) is 0. The molecule has 0 heterocycles. The summed E-state index contributed by atoms with van der Waals surface area (Å²) in [7, 11) is 0. The van der Waals surface area contributed by atoms with Gasteiger partial charge in [-0.1, -0.05) is 287 Å². The lowest BCUT2D eigenvalue weighted by Crippen LogP contribution is -2.30. The van der Waals surface area contributed by atoms with Crippen molar-refractivity contribution >= 4 is 17.9 Å². The summed E-state index contributed by atoms with van der Waals surface area (Å²) in [5.74, 6) is -1.07. The number of rotatable bonds is 58. The summed E-state index contributed by atoms with van der Waals surface area (Å²) in [6, 6.07) is 0. The Kier molecular flexibility index (Phi) is 63.9. The lowest BCUT2D eigenvalue weighted by atomic mass is 10.1. The van der Waals surface area contributed by atoms with Crippen LogP contribution in [-0.4, -0.2) is 37.2 Å². The maximum Gasteiger partial charge on any atom is 0.309 e. The molecular weight excluding hydrogens is 1010 g/mol. The summed E-state index contributed by atoms with van der Waals surface area (Å²) in [6.45, 7) is 6.30. The fraction of sp³-hybridized carbons (Fsp3) is 0.592. The molecule has 0 aromatic carbocycles. The van der Waals surface area contributed by atoms with Crippen LogP contribution in [0.15, 0.2) is 170 Å². The van der Waals surface area contributed by atoms with Crippen LogP contribution in [0.1, 0.15) is 271 Å². The minimum absolute atomic E-state index is 0.117. The smallest absolute Gasteiger partial charge is 0.309 e. The second kappa shape index (κ2) is 68.3. The van der Waals surface area contributed by atoms with Gasteiger partial charge in [0.25, 0.3) is 0 Å². The summed E-state index contributed by atoms with van der Waals surface area (Å²) in [5, 5.41) is 0. The van der Waals surface area contributed by atoms with Gasteiger partial charge in [0, 0.05) is 12.8 Å². The number of carbonyl (C=O) groups excluding carboxylic acids is 3. The summed E-state index contributed by atoms with van der Waals surface area (Å²) in [4.78, 5) is 38.3. The van der Waals surface area contributed by atoms with Gasteiger partial charge in [0.05, 0.1) is 6.42 Å². The number of esters is 3. The van der Waals surface area contributed by atoms with Crippen LogP contribution < -0.4 is 0 Å². The second-order valence-electron chi connectivity index (χ2n) is 21.3. The van der Waals surface area contributed by atoms with Gasteiger partial charge in [0.2, 0.25) is 0 Å². The van der Waals surface area contributed by atoms with Gasteiger partial charge in [-0.25, -0.2) is 0 Å². The van der Waals surface area contributed by atoms with Crippen molar-refractivity contribution in [2.24, 2.45) is 0 Å². The van der Waals surface area contributed by atoms with E-state index in [2.05, 4.69) is 179 Å². The minimum atomic E-state index is -0.835. The quantitative estimate of drug-likeness (QED) is 0.0261. The normalized spacial score (nSPS) is 13.3. The van der Waals surface area contributed by atoms with Gasteiger partial charge in [-0.2, -0.15) is 0 Å². The van der Waals surface area contributed by atoms with Crippen LogP contribution in [0.4, 0.5) is 0 Å². The lowest BCUT2D eigenvalue weighted by Gasteiger charge is -2.18. The molecule has 0 aliphatic heterocycles. The topological polar surface area (TPSA) is 78.9 Å². The van der Waals surface area contributed by atoms with Crippen LogP contribution in [0.25, 0.3) is 0 Å². The highest BCUT2D eigenvalue weighted by molar-refractivity contribution is 5.72. The van der Waals surface area contributed by atoms with Crippen molar-refractivity contribution in [3.63, 3.8) is 0 Å². The van der Waals surface area contributed by atoms with E-state index in [0.29, 0.717) is 12.8 Å². The van der Waals surface area contributed by atoms with Gasteiger partial charge in [0.15, 0.2) is 6.10 Å². The molecule has 0 rings (SSSR count). The summed E-state index contributed by atoms with van der Waals surface area (Å²) < 4.78 is 16.8. The molecule has 0 fully saturated rings. The van der Waals surface area contributed by atoms with Crippen LogP contribution in [0.3, 0.4) is 0 Å². The molecule has 6 nitrogen and oxygen atoms in total. The zero-order chi connectivity index (χ0) is 59.2. The van der Waals surface area contributed by atoms with E-state index >= 15 is 0 Å². The number of carbonyl (C=O) groups is 3. The molecule has 0 aliphatic carbocycles. The van der Waals surface area contributed by atoms with Crippen molar-refractivity contribution in [1.29, 1.82) is 0 Å². The van der Waals surface area contributed by atoms with E-state index in [0.717, 1.165) is 141 Å². The van der Waals surface area contributed by atoms with E-state index in [4.69, 9.17) is 14.2 Å². The standard InChI is InChI=1S/C76H120O6/c1-4-7-10-13-16-19-22-25-28-30-31-32-33-34-35-36-37-38-39-40-41-42-43-44-45-46-49-51-54-57-60-63-66-69-75(78)81-72-73(71-80-74(77)68-65-62-59-56-53-50-47-27-24-21-18-15-12-9-6-3)82-76(79)70-67-64-61-58-55-52-48-29-26-23-20-17-14-11-8-5-2/h7,9-10,12,16,18-19,21,25,27-29,31-32,34-35,37-38,40-41,43-44,47-48,53,56,62,65,73H,4-6,8,11,13-15,17,20,22-24,26,30,33,36,39,42,45-46,49-52,54-55,57-61,63-64,66-72H2,1-3H3/b10-7-,12-9-,19-16-,21-18-,28-25-,32-31-,35-34-,38-37-,41-40-,44-43-,47-27-,48-29-,56-53-,65-62-. The molecule has 1 unspecified atom stereocenters. The first-order chi connectivity index (χ1) is 40.5. The highest BCUT2D eigenvalue weighted by Crippen LogP contribution is 2.14. The molecule has 0 radical (unpaired) electrons. The van der Waals surface area contributed by atoms with E-state index in [-0.39, 0.29) is 31.6 Å². The van der Waals surface area contributed by atoms with Gasteiger partial charge in [-0.3, -0.25) is 14.4 Å². The van der Waals surface area contributed by atoms with Gasteiger partial charge < -0.3 is 14.2 Å². The van der Waals surface area contributed by atoms with Crippen molar-refractivity contribution in [2.75, 3.05) is 13.2 Å². The van der Waals surface area contributed by atoms with Crippen molar-refractivity contribution in [3.8, 4) is 0 Å². The van der Waals surface area contributed by atoms with Crippen molar-refractivity contribution < 1.29 is 28.6 Å². The molecule has 0 amide bonds. The van der Waals surface area contributed by atoms with Crippen molar-refractivity contribution in [2.45, 2.75) is 277 Å². The Bertz CT molecular complexity index is 1870. The average molecular weight is 1130 g/mol. The number of hydrogen-bond donors (Lipinski definition) is 0. The maximum absolute atomic E-state index is 12.9. The van der Waals surface area contributed by atoms with E-state index in [9.17, 15) is 14.4 Å². The van der Waals surface area contributed by atoms with Crippen molar-refractivity contribution in [3.05, 3.63) is 170 Å². The van der Waals surface area contributed by atoms with Gasteiger partial charge in [-0.05, 0) is 135 Å². The second-order valence-corrected chi connectivity index (χ2v) is 21.3. The Balaban J connectivity index is 4.39. The molecule has 0 aromatic heterocycles. The fourth-order valence-corrected chi connectivity index (χ4v) is 8.58. The molecule has 0 bridgehead atoms. The molecule has 1 atom stereocenters. The number of hydrogen-bond acceptors (Lipinski definition) is 6. The van der Waals surface area contributed by atoms with Crippen molar-refractivity contribution in [1.82, 2.24) is 0 Å². The Labute approximate surface area is 504 Å². The van der Waals surface area contributed by atoms with Crippen LogP contribution >= 0.6 is 0 Å². The molecule has 0 N–H and O–H groups in total. The highest BCUT2D eigenvalue weighted by Gasteiger charge is 2.19. The molecule has 460 valence electrons. The molecule has 0 aliphatic rings. The first-order valence-electron chi connectivity index (χ1n) is 33.1. The Morgan fingerprint density at radius 2 is 0.524 bits per heavy atom. The number of ether oxygens (including phenoxy) is 3. The predicted octanol–water partition coefficient (Wildman–Crippen LogP) is 23.0. The Morgan fingerprint density at radius 1 is 0.268 bits per heavy atom. The Hall–Kier alpha value is -5.23. The van der Waals surface area contributed by atoms with Gasteiger partial charge in [-0.15, -0.1) is 0 Å². The van der Waals surface area contributed by atoms with E-state index in [1.807, 2.05) is 6.08 Å². The third-order valence-corrected chi connectivity index (χ3v) is 13.5. The Morgan fingerprint density at radius 3 is 0.866 bits per heavy atom. The molecule has 0 saturated heterocycles. The molecule has 0 aromatic rings. The molecule has 0 saturated carbocycles. The van der Waals surface area contributed by atoms with Gasteiger partial charge >= 0.3 is 17.9 Å². The molecular formula is C76H120O6. The van der Waals surface area contributed by atoms with Crippen LogP contribution in [0.5, 0.6) is 0 Å².